The van der Waals surface area contributed by atoms with Gasteiger partial charge >= 0.3 is 0 Å². The SMILES string of the molecule is O=C1CC(S)CN1c1ccc(F)nc1Br. The van der Waals surface area contributed by atoms with Gasteiger partial charge in [-0.2, -0.15) is 17.0 Å². The van der Waals surface area contributed by atoms with Gasteiger partial charge in [-0.25, -0.2) is 4.98 Å². The van der Waals surface area contributed by atoms with Gasteiger partial charge in [-0.1, -0.05) is 0 Å². The van der Waals surface area contributed by atoms with E-state index in [9.17, 15) is 9.18 Å². The molecule has 2 heterocycles. The van der Waals surface area contributed by atoms with Crippen molar-refractivity contribution < 1.29 is 9.18 Å². The van der Waals surface area contributed by atoms with Crippen molar-refractivity contribution in [2.24, 2.45) is 0 Å². The van der Waals surface area contributed by atoms with Crippen LogP contribution in [0.4, 0.5) is 10.1 Å². The summed E-state index contributed by atoms with van der Waals surface area (Å²) in [6.07, 6.45) is 0.410. The third-order valence-corrected chi connectivity index (χ3v) is 3.12. The summed E-state index contributed by atoms with van der Waals surface area (Å²) in [5.41, 5.74) is 0.595. The molecule has 0 N–H and O–H groups in total. The second-order valence-electron chi connectivity index (χ2n) is 3.31. The highest BCUT2D eigenvalue weighted by Gasteiger charge is 2.29. The molecule has 0 aliphatic carbocycles. The quantitative estimate of drug-likeness (QED) is 0.634. The van der Waals surface area contributed by atoms with E-state index in [1.165, 1.54) is 12.1 Å². The highest BCUT2D eigenvalue weighted by molar-refractivity contribution is 9.10. The number of pyridine rings is 1. The lowest BCUT2D eigenvalue weighted by Gasteiger charge is -2.16. The van der Waals surface area contributed by atoms with Crippen LogP contribution in [-0.2, 0) is 4.79 Å². The summed E-state index contributed by atoms with van der Waals surface area (Å²) in [6, 6.07) is 2.77. The second kappa shape index (κ2) is 4.09. The van der Waals surface area contributed by atoms with Crippen LogP contribution in [0.5, 0.6) is 0 Å². The molecule has 15 heavy (non-hydrogen) atoms. The molecule has 0 saturated carbocycles. The summed E-state index contributed by atoms with van der Waals surface area (Å²) in [5, 5.41) is 0.0365. The molecule has 6 heteroatoms. The summed E-state index contributed by atoms with van der Waals surface area (Å²) in [5.74, 6) is -0.580. The smallest absolute Gasteiger partial charge is 0.228 e. The lowest BCUT2D eigenvalue weighted by molar-refractivity contribution is -0.117. The predicted octanol–water partition coefficient (Wildman–Crippen LogP) is 2.02. The Labute approximate surface area is 100 Å². The van der Waals surface area contributed by atoms with Crippen molar-refractivity contribution in [2.75, 3.05) is 11.4 Å². The third kappa shape index (κ3) is 2.15. The number of rotatable bonds is 1. The molecule has 1 amide bonds. The minimum absolute atomic E-state index is 0.0101. The Bertz CT molecular complexity index is 415. The molecule has 1 saturated heterocycles. The molecular weight excluding hydrogens is 283 g/mol. The Kier molecular flexibility index (Phi) is 2.97. The van der Waals surface area contributed by atoms with Gasteiger partial charge in [-0.15, -0.1) is 0 Å². The van der Waals surface area contributed by atoms with Gasteiger partial charge in [-0.05, 0) is 28.1 Å². The zero-order chi connectivity index (χ0) is 11.0. The van der Waals surface area contributed by atoms with Crippen LogP contribution in [-0.4, -0.2) is 22.7 Å². The Morgan fingerprint density at radius 1 is 1.60 bits per heavy atom. The molecule has 80 valence electrons. The van der Waals surface area contributed by atoms with Crippen molar-refractivity contribution in [3.63, 3.8) is 0 Å². The maximum absolute atomic E-state index is 12.7. The average Bonchev–Trinajstić information content (AvgIpc) is 2.45. The van der Waals surface area contributed by atoms with Gasteiger partial charge in [0.05, 0.1) is 5.69 Å². The number of thiol groups is 1. The molecule has 1 fully saturated rings. The van der Waals surface area contributed by atoms with Gasteiger partial charge in [0.15, 0.2) is 0 Å². The van der Waals surface area contributed by atoms with E-state index in [1.54, 1.807) is 4.90 Å². The Morgan fingerprint density at radius 3 is 2.87 bits per heavy atom. The number of aromatic nitrogens is 1. The van der Waals surface area contributed by atoms with Crippen LogP contribution in [0.1, 0.15) is 6.42 Å². The molecule has 1 aromatic rings. The van der Waals surface area contributed by atoms with Crippen LogP contribution < -0.4 is 4.90 Å². The Hall–Kier alpha value is -0.620. The monoisotopic (exact) mass is 290 g/mol. The normalized spacial score (nSPS) is 21.1. The van der Waals surface area contributed by atoms with Gasteiger partial charge in [0.1, 0.15) is 4.60 Å². The van der Waals surface area contributed by atoms with Crippen molar-refractivity contribution >= 4 is 40.2 Å². The minimum Gasteiger partial charge on any atom is -0.309 e. The molecule has 1 unspecified atom stereocenters. The fraction of sp³-hybridized carbons (Fsp3) is 0.333. The number of nitrogens with zero attached hydrogens (tertiary/aromatic N) is 2. The fourth-order valence-corrected chi connectivity index (χ4v) is 2.36. The number of amides is 1. The van der Waals surface area contributed by atoms with E-state index in [0.29, 0.717) is 23.3 Å². The summed E-state index contributed by atoms with van der Waals surface area (Å²) in [7, 11) is 0. The molecule has 2 rings (SSSR count). The number of carbonyl (C=O) groups is 1. The van der Waals surface area contributed by atoms with Gasteiger partial charge in [-0.3, -0.25) is 4.79 Å². The van der Waals surface area contributed by atoms with E-state index in [0.717, 1.165) is 0 Å². The third-order valence-electron chi connectivity index (χ3n) is 2.19. The van der Waals surface area contributed by atoms with Crippen molar-refractivity contribution in [3.05, 3.63) is 22.7 Å². The highest BCUT2D eigenvalue weighted by Crippen LogP contribution is 2.29. The lowest BCUT2D eigenvalue weighted by atomic mass is 10.4. The maximum Gasteiger partial charge on any atom is 0.228 e. The van der Waals surface area contributed by atoms with Crippen LogP contribution in [0.2, 0.25) is 0 Å². The lowest BCUT2D eigenvalue weighted by Crippen LogP contribution is -2.25. The Balaban J connectivity index is 2.34. The van der Waals surface area contributed by atoms with Crippen LogP contribution >= 0.6 is 28.6 Å². The minimum atomic E-state index is -0.570. The fourth-order valence-electron chi connectivity index (χ4n) is 1.53. The molecule has 0 aromatic carbocycles. The van der Waals surface area contributed by atoms with Gasteiger partial charge < -0.3 is 4.90 Å². The summed E-state index contributed by atoms with van der Waals surface area (Å²) >= 11 is 7.38. The number of hydrogen-bond acceptors (Lipinski definition) is 3. The second-order valence-corrected chi connectivity index (χ2v) is 4.79. The number of carbonyl (C=O) groups excluding carboxylic acids is 1. The number of hydrogen-bond donors (Lipinski definition) is 1. The number of anilines is 1. The molecule has 1 aliphatic rings. The molecule has 3 nitrogen and oxygen atoms in total. The molecule has 1 aromatic heterocycles. The van der Waals surface area contributed by atoms with E-state index in [2.05, 4.69) is 33.5 Å². The Morgan fingerprint density at radius 2 is 2.33 bits per heavy atom. The molecule has 0 spiro atoms. The van der Waals surface area contributed by atoms with Crippen LogP contribution in [0, 0.1) is 5.95 Å². The summed E-state index contributed by atoms with van der Waals surface area (Å²) in [6.45, 7) is 0.536. The average molecular weight is 291 g/mol. The number of halogens is 2. The van der Waals surface area contributed by atoms with Crippen LogP contribution in [0.15, 0.2) is 16.7 Å². The van der Waals surface area contributed by atoms with Crippen LogP contribution in [0.25, 0.3) is 0 Å². The summed E-state index contributed by atoms with van der Waals surface area (Å²) in [4.78, 5) is 16.7. The van der Waals surface area contributed by atoms with E-state index < -0.39 is 5.95 Å². The first-order valence-electron chi connectivity index (χ1n) is 4.38. The van der Waals surface area contributed by atoms with Crippen molar-refractivity contribution in [1.82, 2.24) is 4.98 Å². The van der Waals surface area contributed by atoms with E-state index in [4.69, 9.17) is 0 Å². The topological polar surface area (TPSA) is 33.2 Å². The van der Waals surface area contributed by atoms with E-state index >= 15 is 0 Å². The van der Waals surface area contributed by atoms with Gasteiger partial charge in [0.2, 0.25) is 11.9 Å². The van der Waals surface area contributed by atoms with Crippen molar-refractivity contribution in [1.29, 1.82) is 0 Å². The first-order chi connectivity index (χ1) is 7.08. The molecule has 0 bridgehead atoms. The molecule has 1 aliphatic heterocycles. The van der Waals surface area contributed by atoms with Gasteiger partial charge in [0.25, 0.3) is 0 Å². The predicted molar refractivity (Wildman–Crippen MR) is 61.6 cm³/mol. The van der Waals surface area contributed by atoms with Crippen LogP contribution in [0.3, 0.4) is 0 Å². The standard InChI is InChI=1S/C9H8BrFN2OS/c10-9-6(1-2-7(11)12-9)13-4-5(15)3-8(13)14/h1-2,5,15H,3-4H2. The molecule has 1 atom stereocenters. The first-order valence-corrected chi connectivity index (χ1v) is 5.69. The van der Waals surface area contributed by atoms with Crippen molar-refractivity contribution in [2.45, 2.75) is 11.7 Å². The van der Waals surface area contributed by atoms with Gasteiger partial charge in [0, 0.05) is 18.2 Å². The highest BCUT2D eigenvalue weighted by atomic mass is 79.9. The molecule has 0 radical (unpaired) electrons. The van der Waals surface area contributed by atoms with Crippen molar-refractivity contribution in [3.8, 4) is 0 Å². The zero-order valence-corrected chi connectivity index (χ0v) is 10.1. The molecular formula is C9H8BrFN2OS. The van der Waals surface area contributed by atoms with E-state index in [-0.39, 0.29) is 11.2 Å². The maximum atomic E-state index is 12.7. The van der Waals surface area contributed by atoms with E-state index in [1.807, 2.05) is 0 Å². The zero-order valence-electron chi connectivity index (χ0n) is 7.65. The summed E-state index contributed by atoms with van der Waals surface area (Å²) < 4.78 is 13.1. The largest absolute Gasteiger partial charge is 0.309 e. The first kappa shape index (κ1) is 10.9.